The van der Waals surface area contributed by atoms with E-state index < -0.39 is 18.0 Å². The molecule has 0 saturated heterocycles. The summed E-state index contributed by atoms with van der Waals surface area (Å²) in [7, 11) is 2.45. The number of benzene rings is 2. The second kappa shape index (κ2) is 10.1. The minimum atomic E-state index is -0.709. The topological polar surface area (TPSA) is 103 Å². The number of carbonyl (C=O) groups excluding carboxylic acids is 3. The van der Waals surface area contributed by atoms with E-state index in [1.165, 1.54) is 43.6 Å². The van der Waals surface area contributed by atoms with E-state index in [1.54, 1.807) is 0 Å². The van der Waals surface area contributed by atoms with E-state index in [0.29, 0.717) is 5.76 Å². The average Bonchev–Trinajstić information content (AvgIpc) is 3.33. The first-order valence-corrected chi connectivity index (χ1v) is 9.37. The highest BCUT2D eigenvalue weighted by Gasteiger charge is 2.26. The average molecular weight is 426 g/mol. The van der Waals surface area contributed by atoms with Crippen molar-refractivity contribution in [1.82, 2.24) is 5.32 Å². The Morgan fingerprint density at radius 3 is 2.42 bits per heavy atom. The second-order valence-corrected chi connectivity index (χ2v) is 6.46. The summed E-state index contributed by atoms with van der Waals surface area (Å²) in [6.45, 7) is 0.322. The van der Waals surface area contributed by atoms with Crippen LogP contribution in [0.3, 0.4) is 0 Å². The van der Waals surface area contributed by atoms with Gasteiger partial charge < -0.3 is 24.3 Å². The Morgan fingerprint density at radius 2 is 1.77 bits per heavy atom. The zero-order valence-electron chi connectivity index (χ0n) is 17.1. The van der Waals surface area contributed by atoms with E-state index in [1.807, 2.05) is 30.3 Å². The molecule has 2 aromatic rings. The van der Waals surface area contributed by atoms with Gasteiger partial charge in [0.1, 0.15) is 6.26 Å². The Kier molecular flexibility index (Phi) is 7.10. The molecule has 31 heavy (non-hydrogen) atoms. The zero-order chi connectivity index (χ0) is 22.2. The Morgan fingerprint density at radius 1 is 1.03 bits per heavy atom. The molecule has 2 amide bonds. The molecule has 0 radical (unpaired) electrons. The number of esters is 2. The van der Waals surface area contributed by atoms with Gasteiger partial charge in [-0.15, -0.1) is 0 Å². The predicted octanol–water partition coefficient (Wildman–Crippen LogP) is 2.82. The van der Waals surface area contributed by atoms with Crippen LogP contribution in [0.2, 0.25) is 0 Å². The molecular weight excluding hydrogens is 404 g/mol. The van der Waals surface area contributed by atoms with Crippen LogP contribution in [0.4, 0.5) is 10.5 Å². The first-order valence-electron chi connectivity index (χ1n) is 9.37. The summed E-state index contributed by atoms with van der Waals surface area (Å²) in [5.74, 6) is -0.922. The summed E-state index contributed by atoms with van der Waals surface area (Å²) in [6, 6.07) is 13.2. The highest BCUT2D eigenvalue weighted by molar-refractivity contribution is 6.04. The van der Waals surface area contributed by atoms with Crippen LogP contribution in [0, 0.1) is 0 Å². The molecule has 3 rings (SSSR count). The molecule has 0 atom stereocenters. The smallest absolute Gasteiger partial charge is 0.340 e. The molecule has 0 unspecified atom stereocenters. The largest absolute Gasteiger partial charge is 0.465 e. The van der Waals surface area contributed by atoms with Crippen molar-refractivity contribution in [2.75, 3.05) is 32.5 Å². The van der Waals surface area contributed by atoms with Crippen LogP contribution < -0.4 is 10.2 Å². The number of anilines is 1. The lowest BCUT2D eigenvalue weighted by molar-refractivity contribution is 0.0599. The Hall–Kier alpha value is -4.01. The summed E-state index contributed by atoms with van der Waals surface area (Å²) in [4.78, 5) is 38.8. The van der Waals surface area contributed by atoms with Gasteiger partial charge in [0.25, 0.3) is 0 Å². The van der Waals surface area contributed by atoms with Crippen molar-refractivity contribution in [2.45, 2.75) is 6.54 Å². The van der Waals surface area contributed by atoms with Crippen molar-refractivity contribution in [3.05, 3.63) is 77.2 Å². The molecule has 0 aromatic heterocycles. The Labute approximate surface area is 179 Å². The third-order valence-electron chi connectivity index (χ3n) is 4.49. The van der Waals surface area contributed by atoms with Crippen molar-refractivity contribution in [2.24, 2.45) is 0 Å². The SMILES string of the molecule is COC(=O)c1ccc(N(CC2=COCO2)C(=O)NCc2ccccc2)c(C(=O)OC)c1. The van der Waals surface area contributed by atoms with Crippen LogP contribution in [0.1, 0.15) is 26.3 Å². The van der Waals surface area contributed by atoms with Gasteiger partial charge >= 0.3 is 18.0 Å². The summed E-state index contributed by atoms with van der Waals surface area (Å²) in [5, 5.41) is 2.82. The molecule has 162 valence electrons. The van der Waals surface area contributed by atoms with E-state index in [-0.39, 0.29) is 36.7 Å². The van der Waals surface area contributed by atoms with Gasteiger partial charge in [-0.1, -0.05) is 30.3 Å². The number of nitrogens with one attached hydrogen (secondary N) is 1. The molecule has 1 aliphatic rings. The molecule has 0 aliphatic carbocycles. The maximum atomic E-state index is 13.1. The Balaban J connectivity index is 1.94. The lowest BCUT2D eigenvalue weighted by Gasteiger charge is -2.25. The van der Waals surface area contributed by atoms with E-state index >= 15 is 0 Å². The molecule has 9 nitrogen and oxygen atoms in total. The monoisotopic (exact) mass is 426 g/mol. The van der Waals surface area contributed by atoms with Crippen molar-refractivity contribution < 1.29 is 33.3 Å². The minimum absolute atomic E-state index is 0.00217. The lowest BCUT2D eigenvalue weighted by Crippen LogP contribution is -2.41. The minimum Gasteiger partial charge on any atom is -0.465 e. The van der Waals surface area contributed by atoms with Crippen molar-refractivity contribution in [1.29, 1.82) is 0 Å². The summed E-state index contributed by atoms with van der Waals surface area (Å²) in [5.41, 5.74) is 1.32. The fourth-order valence-corrected chi connectivity index (χ4v) is 2.93. The quantitative estimate of drug-likeness (QED) is 0.679. The molecule has 1 heterocycles. The van der Waals surface area contributed by atoms with Crippen molar-refractivity contribution >= 4 is 23.7 Å². The third kappa shape index (κ3) is 5.33. The number of amides is 2. The van der Waals surface area contributed by atoms with Gasteiger partial charge in [-0.25, -0.2) is 14.4 Å². The molecule has 0 fully saturated rings. The number of nitrogens with zero attached hydrogens (tertiary/aromatic N) is 1. The fraction of sp³-hybridized carbons (Fsp3) is 0.227. The van der Waals surface area contributed by atoms with E-state index in [9.17, 15) is 14.4 Å². The molecule has 1 aliphatic heterocycles. The number of methoxy groups -OCH3 is 2. The van der Waals surface area contributed by atoms with Gasteiger partial charge in [0.2, 0.25) is 6.79 Å². The second-order valence-electron chi connectivity index (χ2n) is 6.46. The molecule has 0 spiro atoms. The molecule has 0 bridgehead atoms. The lowest BCUT2D eigenvalue weighted by atomic mass is 10.1. The molecule has 0 saturated carbocycles. The van der Waals surface area contributed by atoms with Crippen LogP contribution in [0.15, 0.2) is 60.6 Å². The van der Waals surface area contributed by atoms with Gasteiger partial charge in [-0.2, -0.15) is 0 Å². The van der Waals surface area contributed by atoms with Crippen LogP contribution in [-0.4, -0.2) is 45.5 Å². The zero-order valence-corrected chi connectivity index (χ0v) is 17.1. The number of urea groups is 1. The number of hydrogen-bond donors (Lipinski definition) is 1. The Bertz CT molecular complexity index is 989. The number of carbonyl (C=O) groups is 3. The van der Waals surface area contributed by atoms with Crippen LogP contribution in [0.5, 0.6) is 0 Å². The highest BCUT2D eigenvalue weighted by Crippen LogP contribution is 2.26. The predicted molar refractivity (Wildman–Crippen MR) is 110 cm³/mol. The first kappa shape index (κ1) is 21.7. The first-order chi connectivity index (χ1) is 15.0. The van der Waals surface area contributed by atoms with Crippen LogP contribution in [-0.2, 0) is 25.5 Å². The maximum Gasteiger partial charge on any atom is 0.340 e. The van der Waals surface area contributed by atoms with E-state index in [4.69, 9.17) is 18.9 Å². The van der Waals surface area contributed by atoms with E-state index in [0.717, 1.165) is 5.56 Å². The molecule has 2 aromatic carbocycles. The number of rotatable bonds is 7. The normalized spacial score (nSPS) is 12.1. The van der Waals surface area contributed by atoms with Crippen LogP contribution in [0.25, 0.3) is 0 Å². The van der Waals surface area contributed by atoms with Crippen molar-refractivity contribution in [3.8, 4) is 0 Å². The van der Waals surface area contributed by atoms with Gasteiger partial charge in [-0.05, 0) is 23.8 Å². The van der Waals surface area contributed by atoms with E-state index in [2.05, 4.69) is 5.32 Å². The summed E-state index contributed by atoms with van der Waals surface area (Å²) >= 11 is 0. The standard InChI is InChI=1S/C22H22N2O7/c1-28-20(25)16-8-9-19(18(10-16)21(26)29-2)24(12-17-13-30-14-31-17)22(27)23-11-15-6-4-3-5-7-15/h3-10,13H,11-12,14H2,1-2H3,(H,23,27). The summed E-state index contributed by atoms with van der Waals surface area (Å²) in [6.07, 6.45) is 1.40. The molecule has 9 heteroatoms. The maximum absolute atomic E-state index is 13.1. The van der Waals surface area contributed by atoms with Crippen molar-refractivity contribution in [3.63, 3.8) is 0 Å². The molecule has 1 N–H and O–H groups in total. The fourth-order valence-electron chi connectivity index (χ4n) is 2.93. The summed E-state index contributed by atoms with van der Waals surface area (Å²) < 4.78 is 20.0. The molecular formula is C22H22N2O7. The number of hydrogen-bond acceptors (Lipinski definition) is 7. The van der Waals surface area contributed by atoms with Gasteiger partial charge in [0.05, 0.1) is 37.6 Å². The van der Waals surface area contributed by atoms with Gasteiger partial charge in [0, 0.05) is 6.54 Å². The highest BCUT2D eigenvalue weighted by atomic mass is 16.7. The third-order valence-corrected chi connectivity index (χ3v) is 4.49. The van der Waals surface area contributed by atoms with Crippen LogP contribution >= 0.6 is 0 Å². The number of ether oxygens (including phenoxy) is 4. The van der Waals surface area contributed by atoms with Gasteiger partial charge in [0.15, 0.2) is 5.76 Å². The van der Waals surface area contributed by atoms with Gasteiger partial charge in [-0.3, -0.25) is 4.90 Å².